The Morgan fingerprint density at radius 1 is 1.39 bits per heavy atom. The third kappa shape index (κ3) is 5.87. The van der Waals surface area contributed by atoms with Crippen molar-refractivity contribution in [1.82, 2.24) is 4.98 Å². The zero-order valence-corrected chi connectivity index (χ0v) is 13.6. The summed E-state index contributed by atoms with van der Waals surface area (Å²) in [5, 5.41) is 4.77. The molecule has 0 aliphatic carbocycles. The summed E-state index contributed by atoms with van der Waals surface area (Å²) < 4.78 is 18.4. The van der Waals surface area contributed by atoms with E-state index in [1.165, 1.54) is 41.3 Å². The van der Waals surface area contributed by atoms with Crippen molar-refractivity contribution in [3.05, 3.63) is 41.2 Å². The van der Waals surface area contributed by atoms with E-state index in [2.05, 4.69) is 10.3 Å². The predicted octanol–water partition coefficient (Wildman–Crippen LogP) is 2.02. The second kappa shape index (κ2) is 8.49. The standard InChI is InChI=1S/C14H14FN3O3S2/c15-10-3-1-2-4-11(10)21-5-13(20)18-14-17-9(7-23-14)6-22-8-12(16)19/h1-4,7H,5-6,8H2,(H2,16,19)(H,17,18,20). The minimum absolute atomic E-state index is 0.0188. The zero-order chi connectivity index (χ0) is 16.7. The van der Waals surface area contributed by atoms with E-state index in [1.807, 2.05) is 0 Å². The first-order chi connectivity index (χ1) is 11.0. The van der Waals surface area contributed by atoms with Crippen molar-refractivity contribution in [2.75, 3.05) is 17.7 Å². The summed E-state index contributed by atoms with van der Waals surface area (Å²) in [5.41, 5.74) is 5.79. The molecule has 0 bridgehead atoms. The molecule has 1 aromatic carbocycles. The second-order valence-electron chi connectivity index (χ2n) is 4.37. The molecule has 0 aliphatic heterocycles. The molecule has 1 heterocycles. The largest absolute Gasteiger partial charge is 0.481 e. The summed E-state index contributed by atoms with van der Waals surface area (Å²) >= 11 is 2.61. The van der Waals surface area contributed by atoms with Crippen LogP contribution in [-0.2, 0) is 15.3 Å². The van der Waals surface area contributed by atoms with Crippen LogP contribution in [0.4, 0.5) is 9.52 Å². The maximum Gasteiger partial charge on any atom is 0.264 e. The van der Waals surface area contributed by atoms with Crippen LogP contribution >= 0.6 is 23.1 Å². The van der Waals surface area contributed by atoms with Gasteiger partial charge < -0.3 is 10.5 Å². The van der Waals surface area contributed by atoms with Crippen LogP contribution in [0.15, 0.2) is 29.6 Å². The van der Waals surface area contributed by atoms with E-state index in [1.54, 1.807) is 11.4 Å². The monoisotopic (exact) mass is 355 g/mol. The van der Waals surface area contributed by atoms with Crippen LogP contribution in [0.5, 0.6) is 5.75 Å². The van der Waals surface area contributed by atoms with Gasteiger partial charge in [0, 0.05) is 11.1 Å². The minimum Gasteiger partial charge on any atom is -0.481 e. The van der Waals surface area contributed by atoms with Crippen molar-refractivity contribution in [1.29, 1.82) is 0 Å². The fourth-order valence-corrected chi connectivity index (χ4v) is 3.04. The number of thioether (sulfide) groups is 1. The van der Waals surface area contributed by atoms with Gasteiger partial charge in [0.05, 0.1) is 11.4 Å². The van der Waals surface area contributed by atoms with E-state index in [-0.39, 0.29) is 24.0 Å². The highest BCUT2D eigenvalue weighted by Crippen LogP contribution is 2.20. The molecule has 3 N–H and O–H groups in total. The van der Waals surface area contributed by atoms with Gasteiger partial charge in [-0.2, -0.15) is 0 Å². The van der Waals surface area contributed by atoms with Crippen LogP contribution in [-0.4, -0.2) is 29.2 Å². The number of amides is 2. The number of hydrogen-bond acceptors (Lipinski definition) is 6. The number of nitrogens with two attached hydrogens (primary N) is 1. The topological polar surface area (TPSA) is 94.3 Å². The van der Waals surface area contributed by atoms with Gasteiger partial charge in [0.15, 0.2) is 23.3 Å². The Hall–Kier alpha value is -2.13. The Kier molecular flexibility index (Phi) is 6.36. The molecule has 0 radical (unpaired) electrons. The molecule has 0 saturated carbocycles. The van der Waals surface area contributed by atoms with Crippen LogP contribution in [0.2, 0.25) is 0 Å². The summed E-state index contributed by atoms with van der Waals surface area (Å²) in [5.74, 6) is -0.576. The number of aromatic nitrogens is 1. The molecule has 0 unspecified atom stereocenters. The Labute approximate surface area is 140 Å². The lowest BCUT2D eigenvalue weighted by atomic mass is 10.3. The van der Waals surface area contributed by atoms with E-state index >= 15 is 0 Å². The number of rotatable bonds is 8. The van der Waals surface area contributed by atoms with Crippen molar-refractivity contribution in [2.24, 2.45) is 5.73 Å². The quantitative estimate of drug-likeness (QED) is 0.755. The summed E-state index contributed by atoms with van der Waals surface area (Å²) in [6.45, 7) is -0.313. The number of carbonyl (C=O) groups excluding carboxylic acids is 2. The molecule has 2 rings (SSSR count). The van der Waals surface area contributed by atoms with E-state index in [0.29, 0.717) is 10.9 Å². The van der Waals surface area contributed by atoms with Crippen LogP contribution in [0.1, 0.15) is 5.69 Å². The minimum atomic E-state index is -0.525. The molecular formula is C14H14FN3O3S2. The highest BCUT2D eigenvalue weighted by Gasteiger charge is 2.09. The van der Waals surface area contributed by atoms with Crippen LogP contribution in [0.25, 0.3) is 0 Å². The molecule has 2 aromatic rings. The van der Waals surface area contributed by atoms with Crippen molar-refractivity contribution < 1.29 is 18.7 Å². The molecule has 0 fully saturated rings. The summed E-state index contributed by atoms with van der Waals surface area (Å²) in [7, 11) is 0. The Bertz CT molecular complexity index is 693. The fourth-order valence-electron chi connectivity index (χ4n) is 1.55. The first-order valence-electron chi connectivity index (χ1n) is 6.52. The number of thiazole rings is 1. The number of anilines is 1. The third-order valence-corrected chi connectivity index (χ3v) is 4.28. The number of hydrogen-bond donors (Lipinski definition) is 2. The lowest BCUT2D eigenvalue weighted by molar-refractivity contribution is -0.118. The SMILES string of the molecule is NC(=O)CSCc1csc(NC(=O)COc2ccccc2F)n1. The second-order valence-corrected chi connectivity index (χ2v) is 6.21. The number of para-hydroxylation sites is 1. The van der Waals surface area contributed by atoms with Gasteiger partial charge in [-0.15, -0.1) is 23.1 Å². The number of nitrogens with zero attached hydrogens (tertiary/aromatic N) is 1. The highest BCUT2D eigenvalue weighted by molar-refractivity contribution is 7.99. The first-order valence-corrected chi connectivity index (χ1v) is 8.55. The molecular weight excluding hydrogens is 341 g/mol. The maximum atomic E-state index is 13.3. The van der Waals surface area contributed by atoms with Gasteiger partial charge in [0.2, 0.25) is 5.91 Å². The van der Waals surface area contributed by atoms with Gasteiger partial charge in [-0.3, -0.25) is 14.9 Å². The molecule has 1 aromatic heterocycles. The van der Waals surface area contributed by atoms with E-state index in [4.69, 9.17) is 10.5 Å². The van der Waals surface area contributed by atoms with Gasteiger partial charge in [0.1, 0.15) is 0 Å². The maximum absolute atomic E-state index is 13.3. The molecule has 0 atom stereocenters. The van der Waals surface area contributed by atoms with Crippen LogP contribution in [0, 0.1) is 5.82 Å². The Morgan fingerprint density at radius 3 is 2.91 bits per heavy atom. The highest BCUT2D eigenvalue weighted by atomic mass is 32.2. The molecule has 9 heteroatoms. The van der Waals surface area contributed by atoms with Crippen molar-refractivity contribution in [3.8, 4) is 5.75 Å². The third-order valence-electron chi connectivity index (χ3n) is 2.49. The zero-order valence-electron chi connectivity index (χ0n) is 12.0. The molecule has 23 heavy (non-hydrogen) atoms. The number of halogens is 1. The van der Waals surface area contributed by atoms with Crippen LogP contribution in [0.3, 0.4) is 0 Å². The smallest absolute Gasteiger partial charge is 0.264 e. The van der Waals surface area contributed by atoms with E-state index < -0.39 is 11.7 Å². The van der Waals surface area contributed by atoms with Gasteiger partial charge in [0.25, 0.3) is 5.91 Å². The normalized spacial score (nSPS) is 10.3. The molecule has 2 amide bonds. The lowest BCUT2D eigenvalue weighted by Gasteiger charge is -2.06. The lowest BCUT2D eigenvalue weighted by Crippen LogP contribution is -2.20. The predicted molar refractivity (Wildman–Crippen MR) is 88.0 cm³/mol. The van der Waals surface area contributed by atoms with Crippen molar-refractivity contribution >= 4 is 40.0 Å². The first kappa shape index (κ1) is 17.2. The molecule has 0 spiro atoms. The van der Waals surface area contributed by atoms with Gasteiger partial charge >= 0.3 is 0 Å². The molecule has 0 aliphatic rings. The van der Waals surface area contributed by atoms with E-state index in [9.17, 15) is 14.0 Å². The average Bonchev–Trinajstić information content (AvgIpc) is 2.93. The fraction of sp³-hybridized carbons (Fsp3) is 0.214. The molecule has 6 nitrogen and oxygen atoms in total. The van der Waals surface area contributed by atoms with Gasteiger partial charge in [-0.25, -0.2) is 9.37 Å². The number of benzene rings is 1. The Morgan fingerprint density at radius 2 is 2.17 bits per heavy atom. The Balaban J connectivity index is 1.78. The van der Waals surface area contributed by atoms with Crippen molar-refractivity contribution in [2.45, 2.75) is 5.75 Å². The van der Waals surface area contributed by atoms with Gasteiger partial charge in [-0.1, -0.05) is 12.1 Å². The number of ether oxygens (including phenoxy) is 1. The van der Waals surface area contributed by atoms with Gasteiger partial charge in [-0.05, 0) is 12.1 Å². The van der Waals surface area contributed by atoms with E-state index in [0.717, 1.165) is 5.69 Å². The average molecular weight is 355 g/mol. The molecule has 0 saturated heterocycles. The summed E-state index contributed by atoms with van der Waals surface area (Å²) in [6, 6.07) is 5.85. The van der Waals surface area contributed by atoms with Crippen LogP contribution < -0.4 is 15.8 Å². The summed E-state index contributed by atoms with van der Waals surface area (Å²) in [4.78, 5) is 26.6. The number of nitrogens with one attached hydrogen (secondary N) is 1. The summed E-state index contributed by atoms with van der Waals surface area (Å²) in [6.07, 6.45) is 0. The van der Waals surface area contributed by atoms with Crippen molar-refractivity contribution in [3.63, 3.8) is 0 Å². The molecule has 122 valence electrons. The number of carbonyl (C=O) groups is 2. The number of primary amides is 1.